The van der Waals surface area contributed by atoms with Crippen molar-refractivity contribution in [2.24, 2.45) is 0 Å². The van der Waals surface area contributed by atoms with Crippen molar-refractivity contribution in [3.8, 4) is 0 Å². The first-order chi connectivity index (χ1) is 6.49. The molecule has 0 aromatic heterocycles. The van der Waals surface area contributed by atoms with E-state index >= 15 is 0 Å². The van der Waals surface area contributed by atoms with Crippen molar-refractivity contribution in [2.45, 2.75) is 25.4 Å². The summed E-state index contributed by atoms with van der Waals surface area (Å²) in [6.07, 6.45) is -1.11. The minimum atomic E-state index is -4.02. The predicted octanol–water partition coefficient (Wildman–Crippen LogP) is 1.74. The van der Waals surface area contributed by atoms with Gasteiger partial charge in [0.05, 0.1) is 6.54 Å². The lowest BCUT2D eigenvalue weighted by atomic mass is 10.1. The number of hydrogen-bond donors (Lipinski definition) is 1. The molecule has 1 heterocycles. The summed E-state index contributed by atoms with van der Waals surface area (Å²) < 4.78 is 35.4. The van der Waals surface area contributed by atoms with Crippen LogP contribution in [0.5, 0.6) is 0 Å². The Morgan fingerprint density at radius 2 is 1.64 bits per heavy atom. The molecule has 1 saturated heterocycles. The van der Waals surface area contributed by atoms with Gasteiger partial charge in [-0.25, -0.2) is 0 Å². The summed E-state index contributed by atoms with van der Waals surface area (Å²) in [5.74, 6) is 0. The molecule has 3 nitrogen and oxygen atoms in total. The van der Waals surface area contributed by atoms with Crippen LogP contribution < -0.4 is 0 Å². The third-order valence-corrected chi connectivity index (χ3v) is 1.85. The Hall–Kier alpha value is -0.780. The molecule has 0 aromatic carbocycles. The lowest BCUT2D eigenvalue weighted by Gasteiger charge is -2.26. The molecule has 1 rings (SSSR count). The van der Waals surface area contributed by atoms with Crippen LogP contribution >= 0.6 is 0 Å². The van der Waals surface area contributed by atoms with E-state index in [-0.39, 0.29) is 6.47 Å². The minimum Gasteiger partial charge on any atom is -0.483 e. The van der Waals surface area contributed by atoms with E-state index in [2.05, 4.69) is 0 Å². The number of likely N-dealkylation sites (tertiary alicyclic amines) is 1. The van der Waals surface area contributed by atoms with Gasteiger partial charge in [0.2, 0.25) is 0 Å². The topological polar surface area (TPSA) is 40.5 Å². The van der Waals surface area contributed by atoms with Gasteiger partial charge in [0.15, 0.2) is 0 Å². The van der Waals surface area contributed by atoms with Gasteiger partial charge in [0.25, 0.3) is 6.47 Å². The van der Waals surface area contributed by atoms with E-state index in [4.69, 9.17) is 9.90 Å². The third-order valence-electron chi connectivity index (χ3n) is 1.85. The predicted molar refractivity (Wildman–Crippen MR) is 45.0 cm³/mol. The van der Waals surface area contributed by atoms with Gasteiger partial charge in [0.1, 0.15) is 0 Å². The van der Waals surface area contributed by atoms with E-state index in [1.165, 1.54) is 4.90 Å². The SMILES string of the molecule is FC(F)(F)CN1CCCCC1.O=CO. The molecule has 0 atom stereocenters. The number of carboxylic acid groups (broad SMARTS) is 1. The maximum Gasteiger partial charge on any atom is 0.401 e. The number of rotatable bonds is 1. The Bertz CT molecular complexity index is 155. The van der Waals surface area contributed by atoms with Crippen LogP contribution in [-0.2, 0) is 4.79 Å². The summed E-state index contributed by atoms with van der Waals surface area (Å²) in [5.41, 5.74) is 0. The van der Waals surface area contributed by atoms with Gasteiger partial charge >= 0.3 is 6.18 Å². The molecule has 0 radical (unpaired) electrons. The molecule has 1 fully saturated rings. The number of hydrogen-bond acceptors (Lipinski definition) is 2. The zero-order chi connectivity index (χ0) is 11.0. The van der Waals surface area contributed by atoms with E-state index in [0.29, 0.717) is 13.1 Å². The zero-order valence-electron chi connectivity index (χ0n) is 7.76. The van der Waals surface area contributed by atoms with Crippen LogP contribution in [0.2, 0.25) is 0 Å². The molecule has 6 heteroatoms. The van der Waals surface area contributed by atoms with Crippen LogP contribution in [0.3, 0.4) is 0 Å². The summed E-state index contributed by atoms with van der Waals surface area (Å²) in [5, 5.41) is 6.89. The summed E-state index contributed by atoms with van der Waals surface area (Å²) in [6.45, 7) is 0.242. The maximum absolute atomic E-state index is 11.8. The molecule has 1 aliphatic rings. The van der Waals surface area contributed by atoms with Crippen LogP contribution in [-0.4, -0.2) is 42.3 Å². The normalized spacial score (nSPS) is 18.2. The van der Waals surface area contributed by atoms with Crippen molar-refractivity contribution in [3.05, 3.63) is 0 Å². The first kappa shape index (κ1) is 13.2. The van der Waals surface area contributed by atoms with Gasteiger partial charge in [0, 0.05) is 0 Å². The smallest absolute Gasteiger partial charge is 0.401 e. The van der Waals surface area contributed by atoms with Gasteiger partial charge in [-0.05, 0) is 25.9 Å². The highest BCUT2D eigenvalue weighted by Crippen LogP contribution is 2.19. The number of alkyl halides is 3. The molecule has 0 bridgehead atoms. The second-order valence-corrected chi connectivity index (χ2v) is 3.06. The summed E-state index contributed by atoms with van der Waals surface area (Å²) in [4.78, 5) is 9.84. The molecule has 84 valence electrons. The fraction of sp³-hybridized carbons (Fsp3) is 0.875. The Morgan fingerprint density at radius 3 is 2.00 bits per heavy atom. The summed E-state index contributed by atoms with van der Waals surface area (Å²) >= 11 is 0. The highest BCUT2D eigenvalue weighted by molar-refractivity contribution is 5.32. The monoisotopic (exact) mass is 213 g/mol. The van der Waals surface area contributed by atoms with Crippen LogP contribution in [0.15, 0.2) is 0 Å². The quantitative estimate of drug-likeness (QED) is 0.674. The standard InChI is InChI=1S/C7H12F3N.CH2O2/c8-7(9,10)6-11-4-2-1-3-5-11;2-1-3/h1-6H2;1H,(H,2,3). The average molecular weight is 213 g/mol. The van der Waals surface area contributed by atoms with Crippen molar-refractivity contribution < 1.29 is 23.1 Å². The molecule has 0 spiro atoms. The Morgan fingerprint density at radius 1 is 1.21 bits per heavy atom. The molecular formula is C8H14F3NO2. The highest BCUT2D eigenvalue weighted by atomic mass is 19.4. The van der Waals surface area contributed by atoms with Gasteiger partial charge in [-0.2, -0.15) is 13.2 Å². The van der Waals surface area contributed by atoms with Gasteiger partial charge in [-0.1, -0.05) is 6.42 Å². The first-order valence-electron chi connectivity index (χ1n) is 4.36. The molecule has 1 N–H and O–H groups in total. The van der Waals surface area contributed by atoms with Gasteiger partial charge in [-0.15, -0.1) is 0 Å². The van der Waals surface area contributed by atoms with Gasteiger partial charge in [-0.3, -0.25) is 9.69 Å². The minimum absolute atomic E-state index is 0.250. The lowest BCUT2D eigenvalue weighted by molar-refractivity contribution is -0.147. The van der Waals surface area contributed by atoms with Crippen LogP contribution in [0.25, 0.3) is 0 Å². The first-order valence-corrected chi connectivity index (χ1v) is 4.36. The Balaban J connectivity index is 0.000000500. The van der Waals surface area contributed by atoms with Crippen molar-refractivity contribution in [1.29, 1.82) is 0 Å². The van der Waals surface area contributed by atoms with Crippen LogP contribution in [0.4, 0.5) is 13.2 Å². The van der Waals surface area contributed by atoms with E-state index in [1.807, 2.05) is 0 Å². The largest absolute Gasteiger partial charge is 0.483 e. The molecule has 0 amide bonds. The Labute approximate surface area is 80.5 Å². The molecule has 1 aliphatic heterocycles. The van der Waals surface area contributed by atoms with Crippen molar-refractivity contribution in [2.75, 3.05) is 19.6 Å². The average Bonchev–Trinajstić information content (AvgIpc) is 2.04. The van der Waals surface area contributed by atoms with Crippen LogP contribution in [0, 0.1) is 0 Å². The molecule has 0 unspecified atom stereocenters. The fourth-order valence-electron chi connectivity index (χ4n) is 1.37. The van der Waals surface area contributed by atoms with Gasteiger partial charge < -0.3 is 5.11 Å². The van der Waals surface area contributed by atoms with Crippen molar-refractivity contribution in [3.63, 3.8) is 0 Å². The van der Waals surface area contributed by atoms with E-state index < -0.39 is 12.7 Å². The number of piperidine rings is 1. The van der Waals surface area contributed by atoms with Crippen LogP contribution in [0.1, 0.15) is 19.3 Å². The molecule has 14 heavy (non-hydrogen) atoms. The van der Waals surface area contributed by atoms with E-state index in [0.717, 1.165) is 19.3 Å². The van der Waals surface area contributed by atoms with E-state index in [9.17, 15) is 13.2 Å². The Kier molecular flexibility index (Phi) is 6.27. The lowest BCUT2D eigenvalue weighted by Crippen LogP contribution is -2.37. The molecule has 0 aliphatic carbocycles. The fourth-order valence-corrected chi connectivity index (χ4v) is 1.37. The second-order valence-electron chi connectivity index (χ2n) is 3.06. The molecule has 0 aromatic rings. The summed E-state index contributed by atoms with van der Waals surface area (Å²) in [6, 6.07) is 0. The molecular weight excluding hydrogens is 199 g/mol. The number of carbonyl (C=O) groups is 1. The number of halogens is 3. The maximum atomic E-state index is 11.8. The summed E-state index contributed by atoms with van der Waals surface area (Å²) in [7, 11) is 0. The number of nitrogens with zero attached hydrogens (tertiary/aromatic N) is 1. The van der Waals surface area contributed by atoms with E-state index in [1.54, 1.807) is 0 Å². The zero-order valence-corrected chi connectivity index (χ0v) is 7.76. The molecule has 0 saturated carbocycles. The third kappa shape index (κ3) is 7.85. The van der Waals surface area contributed by atoms with Crippen molar-refractivity contribution in [1.82, 2.24) is 4.90 Å². The highest BCUT2D eigenvalue weighted by Gasteiger charge is 2.30. The van der Waals surface area contributed by atoms with Crippen molar-refractivity contribution >= 4 is 6.47 Å². The second kappa shape index (κ2) is 6.64.